The van der Waals surface area contributed by atoms with Crippen molar-refractivity contribution in [2.75, 3.05) is 19.6 Å². The third-order valence-corrected chi connectivity index (χ3v) is 4.37. The average Bonchev–Trinajstić information content (AvgIpc) is 3.21. The molecule has 0 bridgehead atoms. The molecule has 2 aliphatic rings. The largest absolute Gasteiger partial charge is 0.341 e. The van der Waals surface area contributed by atoms with E-state index in [1.54, 1.807) is 0 Å². The first-order valence-corrected chi connectivity index (χ1v) is 7.76. The second kappa shape index (κ2) is 6.55. The van der Waals surface area contributed by atoms with E-state index < -0.39 is 0 Å². The van der Waals surface area contributed by atoms with Crippen LogP contribution in [0.5, 0.6) is 0 Å². The Morgan fingerprint density at radius 2 is 2.00 bits per heavy atom. The summed E-state index contributed by atoms with van der Waals surface area (Å²) in [5.41, 5.74) is 0. The molecule has 3 heteroatoms. The minimum absolute atomic E-state index is 0.0917. The monoisotopic (exact) mass is 252 g/mol. The van der Waals surface area contributed by atoms with Crippen LogP contribution in [0, 0.1) is 11.8 Å². The highest BCUT2D eigenvalue weighted by Crippen LogP contribution is 2.30. The molecule has 0 spiro atoms. The molecule has 2 unspecified atom stereocenters. The highest BCUT2D eigenvalue weighted by molar-refractivity contribution is 5.82. The van der Waals surface area contributed by atoms with Crippen LogP contribution in [0.15, 0.2) is 0 Å². The van der Waals surface area contributed by atoms with E-state index in [0.717, 1.165) is 44.3 Å². The molecule has 18 heavy (non-hydrogen) atoms. The molecule has 2 rings (SSSR count). The minimum atomic E-state index is 0.0917. The Kier molecular flexibility index (Phi) is 5.04. The SMILES string of the molecule is CCCN(CC1CC1)C(=O)C1CC(CC)CCN1. The number of hydrogen-bond acceptors (Lipinski definition) is 2. The fourth-order valence-corrected chi connectivity index (χ4v) is 2.95. The van der Waals surface area contributed by atoms with E-state index in [9.17, 15) is 4.79 Å². The van der Waals surface area contributed by atoms with Gasteiger partial charge in [0.25, 0.3) is 0 Å². The lowest BCUT2D eigenvalue weighted by molar-refractivity contribution is -0.134. The van der Waals surface area contributed by atoms with Crippen LogP contribution in [0.3, 0.4) is 0 Å². The molecule has 1 saturated carbocycles. The summed E-state index contributed by atoms with van der Waals surface area (Å²) in [5.74, 6) is 1.90. The van der Waals surface area contributed by atoms with Crippen LogP contribution in [-0.2, 0) is 4.79 Å². The van der Waals surface area contributed by atoms with Crippen LogP contribution in [0.1, 0.15) is 52.4 Å². The van der Waals surface area contributed by atoms with Gasteiger partial charge in [-0.05, 0) is 50.5 Å². The summed E-state index contributed by atoms with van der Waals surface area (Å²) >= 11 is 0. The molecule has 1 saturated heterocycles. The fourth-order valence-electron chi connectivity index (χ4n) is 2.95. The van der Waals surface area contributed by atoms with Gasteiger partial charge >= 0.3 is 0 Å². The van der Waals surface area contributed by atoms with Crippen molar-refractivity contribution in [3.05, 3.63) is 0 Å². The first-order valence-electron chi connectivity index (χ1n) is 7.76. The molecule has 3 nitrogen and oxygen atoms in total. The van der Waals surface area contributed by atoms with Crippen molar-refractivity contribution in [1.29, 1.82) is 0 Å². The average molecular weight is 252 g/mol. The lowest BCUT2D eigenvalue weighted by Gasteiger charge is -2.33. The maximum absolute atomic E-state index is 12.6. The van der Waals surface area contributed by atoms with Crippen molar-refractivity contribution in [3.63, 3.8) is 0 Å². The maximum Gasteiger partial charge on any atom is 0.239 e. The zero-order valence-electron chi connectivity index (χ0n) is 12.0. The molecule has 1 aliphatic carbocycles. The van der Waals surface area contributed by atoms with Gasteiger partial charge in [-0.25, -0.2) is 0 Å². The summed E-state index contributed by atoms with van der Waals surface area (Å²) in [6.07, 6.45) is 7.20. The molecule has 2 atom stereocenters. The fraction of sp³-hybridized carbons (Fsp3) is 0.933. The second-order valence-corrected chi connectivity index (χ2v) is 6.03. The van der Waals surface area contributed by atoms with Crippen LogP contribution in [0.25, 0.3) is 0 Å². The van der Waals surface area contributed by atoms with Gasteiger partial charge < -0.3 is 10.2 Å². The minimum Gasteiger partial charge on any atom is -0.341 e. The molecule has 1 heterocycles. The number of carbonyl (C=O) groups is 1. The van der Waals surface area contributed by atoms with E-state index in [-0.39, 0.29) is 6.04 Å². The lowest BCUT2D eigenvalue weighted by atomic mass is 9.90. The van der Waals surface area contributed by atoms with Gasteiger partial charge in [-0.1, -0.05) is 20.3 Å². The van der Waals surface area contributed by atoms with Crippen LogP contribution in [0.2, 0.25) is 0 Å². The summed E-state index contributed by atoms with van der Waals surface area (Å²) < 4.78 is 0. The summed E-state index contributed by atoms with van der Waals surface area (Å²) in [5, 5.41) is 3.42. The van der Waals surface area contributed by atoms with Crippen molar-refractivity contribution >= 4 is 5.91 Å². The third kappa shape index (κ3) is 3.71. The summed E-state index contributed by atoms with van der Waals surface area (Å²) in [4.78, 5) is 14.7. The Hall–Kier alpha value is -0.570. The molecule has 1 aliphatic heterocycles. The molecule has 0 aromatic carbocycles. The quantitative estimate of drug-likeness (QED) is 0.787. The highest BCUT2D eigenvalue weighted by Gasteiger charge is 2.32. The number of nitrogens with zero attached hydrogens (tertiary/aromatic N) is 1. The number of hydrogen-bond donors (Lipinski definition) is 1. The van der Waals surface area contributed by atoms with E-state index in [1.165, 1.54) is 25.7 Å². The van der Waals surface area contributed by atoms with Gasteiger partial charge in [0.2, 0.25) is 5.91 Å². The number of rotatable bonds is 6. The van der Waals surface area contributed by atoms with Gasteiger partial charge in [0, 0.05) is 13.1 Å². The number of nitrogens with one attached hydrogen (secondary N) is 1. The predicted molar refractivity (Wildman–Crippen MR) is 74.4 cm³/mol. The third-order valence-electron chi connectivity index (χ3n) is 4.37. The van der Waals surface area contributed by atoms with Gasteiger partial charge in [-0.15, -0.1) is 0 Å². The van der Waals surface area contributed by atoms with E-state index in [2.05, 4.69) is 24.1 Å². The summed E-state index contributed by atoms with van der Waals surface area (Å²) in [6.45, 7) is 7.35. The smallest absolute Gasteiger partial charge is 0.239 e. The molecule has 104 valence electrons. The molecule has 1 amide bonds. The second-order valence-electron chi connectivity index (χ2n) is 6.03. The maximum atomic E-state index is 12.6. The van der Waals surface area contributed by atoms with Crippen molar-refractivity contribution in [1.82, 2.24) is 10.2 Å². The molecule has 0 radical (unpaired) electrons. The Labute approximate surface area is 111 Å². The number of carbonyl (C=O) groups excluding carboxylic acids is 1. The van der Waals surface area contributed by atoms with Gasteiger partial charge in [0.1, 0.15) is 0 Å². The summed E-state index contributed by atoms with van der Waals surface area (Å²) in [7, 11) is 0. The van der Waals surface area contributed by atoms with Gasteiger partial charge in [-0.2, -0.15) is 0 Å². The molecular weight excluding hydrogens is 224 g/mol. The molecular formula is C15H28N2O. The van der Waals surface area contributed by atoms with Crippen LogP contribution in [-0.4, -0.2) is 36.5 Å². The highest BCUT2D eigenvalue weighted by atomic mass is 16.2. The van der Waals surface area contributed by atoms with Crippen molar-refractivity contribution in [2.45, 2.75) is 58.4 Å². The Balaban J connectivity index is 1.89. The topological polar surface area (TPSA) is 32.3 Å². The van der Waals surface area contributed by atoms with Crippen LogP contribution in [0.4, 0.5) is 0 Å². The van der Waals surface area contributed by atoms with E-state index in [0.29, 0.717) is 5.91 Å². The van der Waals surface area contributed by atoms with Crippen LogP contribution < -0.4 is 5.32 Å². The first kappa shape index (κ1) is 13.9. The van der Waals surface area contributed by atoms with Gasteiger partial charge in [0.05, 0.1) is 6.04 Å². The molecule has 2 fully saturated rings. The normalized spacial score (nSPS) is 28.1. The number of piperidine rings is 1. The zero-order valence-corrected chi connectivity index (χ0v) is 12.0. The van der Waals surface area contributed by atoms with E-state index in [4.69, 9.17) is 0 Å². The van der Waals surface area contributed by atoms with Crippen LogP contribution >= 0.6 is 0 Å². The first-order chi connectivity index (χ1) is 8.74. The standard InChI is InChI=1S/C15H28N2O/c1-3-9-17(11-13-5-6-13)15(18)14-10-12(4-2)7-8-16-14/h12-14,16H,3-11H2,1-2H3. The number of amides is 1. The molecule has 1 N–H and O–H groups in total. The van der Waals surface area contributed by atoms with Crippen molar-refractivity contribution in [3.8, 4) is 0 Å². The summed E-state index contributed by atoms with van der Waals surface area (Å²) in [6, 6.07) is 0.0917. The van der Waals surface area contributed by atoms with Gasteiger partial charge in [-0.3, -0.25) is 4.79 Å². The Morgan fingerprint density at radius 1 is 1.22 bits per heavy atom. The lowest BCUT2D eigenvalue weighted by Crippen LogP contribution is -2.51. The van der Waals surface area contributed by atoms with Gasteiger partial charge in [0.15, 0.2) is 0 Å². The Bertz CT molecular complexity index is 276. The van der Waals surface area contributed by atoms with E-state index in [1.807, 2.05) is 0 Å². The molecule has 0 aromatic rings. The van der Waals surface area contributed by atoms with Crippen molar-refractivity contribution < 1.29 is 4.79 Å². The molecule has 0 aromatic heterocycles. The van der Waals surface area contributed by atoms with Crippen molar-refractivity contribution in [2.24, 2.45) is 11.8 Å². The zero-order chi connectivity index (χ0) is 13.0. The Morgan fingerprint density at radius 3 is 2.61 bits per heavy atom. The van der Waals surface area contributed by atoms with E-state index >= 15 is 0 Å². The predicted octanol–water partition coefficient (Wildman–Crippen LogP) is 2.41.